The van der Waals surface area contributed by atoms with Gasteiger partial charge in [0.25, 0.3) is 0 Å². The first-order chi connectivity index (χ1) is 62.9. The Labute approximate surface area is 776 Å². The molecule has 4 aliphatic rings. The molecule has 132 heavy (non-hydrogen) atoms. The van der Waals surface area contributed by atoms with Crippen LogP contribution in [0, 0.1) is 0 Å². The van der Waals surface area contributed by atoms with Crippen LogP contribution in [0.4, 0.5) is 34.1 Å². The fraction of sp³-hybridized carbons (Fsp3) is 0.240. The molecule has 10 nitrogen and oxygen atoms in total. The zero-order valence-corrected chi connectivity index (χ0v) is 78.9. The summed E-state index contributed by atoms with van der Waals surface area (Å²) in [5.74, 6) is -2.48. The summed E-state index contributed by atoms with van der Waals surface area (Å²) >= 11 is 0. The maximum absolute atomic E-state index is 16.0. The third kappa shape index (κ3) is 15.0. The van der Waals surface area contributed by atoms with Crippen LogP contribution >= 0.6 is 0 Å². The second-order valence-electron chi connectivity index (χ2n) is 42.8. The lowest BCUT2D eigenvalue weighted by atomic mass is 9.32. The standard InChI is InChI=1S/C121H111BN2O8/c1-116(2,3)79-59-93(118(7,8)9)105(94(60-79)119(10,11)12)86-64-89-91-54-78(115(128)132-70-74-43-31-22-32-44-74)58-102-111(91)122(97-52-50-76(113(126)130-68-72-39-27-20-28-40-72)56-100(97)124(102)82-47-35-24-36-48-82)98-66-90-87(106-95(120(13,14)15)61-80(117(4,5)6)62-96(106)121(16,17)18)63-85-84-53-77(114(127)131-69-73-41-29-21-30-42-73)57-101-108(84)103(92-65-88(86)110(107(89)98)109(90)104(85)92)83-51-49-75(112(125)129-67-71-37-25-19-26-38-71)55-99(83)123(101)81-45-33-23-34-46-81/h19-66,103H,67-70H2,1-18H3. The number of anilines is 6. The lowest BCUT2D eigenvalue weighted by molar-refractivity contribution is 0.0464. The normalized spacial score (nSPS) is 13.8. The summed E-state index contributed by atoms with van der Waals surface area (Å²) in [5, 5.41) is 6.24. The first kappa shape index (κ1) is 86.2. The fourth-order valence-corrected chi connectivity index (χ4v) is 21.0. The topological polar surface area (TPSA) is 112 Å². The van der Waals surface area contributed by atoms with E-state index in [2.05, 4.69) is 231 Å². The monoisotopic (exact) mass is 1730 g/mol. The zero-order chi connectivity index (χ0) is 92.3. The minimum absolute atomic E-state index is 0.0378. The molecule has 3 aliphatic heterocycles. The van der Waals surface area contributed by atoms with Crippen molar-refractivity contribution in [3.63, 3.8) is 0 Å². The Bertz CT molecular complexity index is 6870. The highest BCUT2D eigenvalue weighted by Crippen LogP contribution is 2.64. The first-order valence-corrected chi connectivity index (χ1v) is 46.4. The Hall–Kier alpha value is -13.9. The van der Waals surface area contributed by atoms with Crippen LogP contribution in [0.3, 0.4) is 0 Å². The molecule has 0 aromatic heterocycles. The lowest BCUT2D eigenvalue weighted by Gasteiger charge is -2.43. The molecule has 11 heteroatoms. The largest absolute Gasteiger partial charge is 0.457 e. The molecule has 0 N–H and O–H groups in total. The molecule has 0 spiro atoms. The van der Waals surface area contributed by atoms with Crippen molar-refractivity contribution in [2.45, 2.75) is 189 Å². The number of benzene rings is 16. The second kappa shape index (κ2) is 32.0. The Morgan fingerprint density at radius 2 is 0.629 bits per heavy atom. The second-order valence-corrected chi connectivity index (χ2v) is 42.8. The van der Waals surface area contributed by atoms with E-state index in [1.54, 1.807) is 0 Å². The molecule has 0 fully saturated rings. The van der Waals surface area contributed by atoms with Crippen molar-refractivity contribution >= 4 is 113 Å². The molecule has 0 saturated heterocycles. The number of ether oxygens (including phenoxy) is 4. The number of para-hydroxylation sites is 2. The van der Waals surface area contributed by atoms with Gasteiger partial charge in [-0.3, -0.25) is 0 Å². The maximum Gasteiger partial charge on any atom is 0.338 e. The summed E-state index contributed by atoms with van der Waals surface area (Å²) in [6.45, 7) is 41.9. The van der Waals surface area contributed by atoms with Crippen LogP contribution in [0.25, 0.3) is 76.8 Å². The molecule has 20 rings (SSSR count). The average molecular weight is 1730 g/mol. The maximum atomic E-state index is 16.0. The SMILES string of the molecule is CC(C)(C)c1cc(C(C)(C)C)c(-c2cc3c4c(cc5c(-c6c(C(C)(C)C)cc(C(C)(C)C)cc6C(C)(C)C)cc6c7c(cc2c4c57)C2c4ccc(C(=O)OCc5ccccc5)cc4N(c4ccccc4)c4cc(C(=O)OCc5ccccc5)cc-6c42)B2c4ccc(C(=O)OCc5ccccc5)cc4N(c4ccccc4)c4cc(C(=O)OCc5ccccc5)cc-3c42)c(C(C)(C)C)c1. The first-order valence-electron chi connectivity index (χ1n) is 46.4. The molecule has 656 valence electrons. The highest BCUT2D eigenvalue weighted by molar-refractivity contribution is 7.01. The van der Waals surface area contributed by atoms with E-state index in [4.69, 9.17) is 18.9 Å². The molecule has 3 heterocycles. The van der Waals surface area contributed by atoms with Gasteiger partial charge in [0.15, 0.2) is 0 Å². The van der Waals surface area contributed by atoms with Crippen molar-refractivity contribution < 1.29 is 38.1 Å². The number of carbonyl (C=O) groups is 4. The number of hydrogen-bond donors (Lipinski definition) is 0. The highest BCUT2D eigenvalue weighted by Gasteiger charge is 2.48. The molecular weight excluding hydrogens is 1620 g/mol. The van der Waals surface area contributed by atoms with Crippen LogP contribution in [0.15, 0.2) is 291 Å². The quantitative estimate of drug-likeness (QED) is 0.0401. The van der Waals surface area contributed by atoms with Crippen LogP contribution in [0.5, 0.6) is 0 Å². The summed E-state index contributed by atoms with van der Waals surface area (Å²) in [4.78, 5) is 67.0. The van der Waals surface area contributed by atoms with E-state index in [0.29, 0.717) is 22.3 Å². The van der Waals surface area contributed by atoms with Gasteiger partial charge in [-0.1, -0.05) is 330 Å². The molecular formula is C121H111BN2O8. The zero-order valence-electron chi connectivity index (χ0n) is 78.9. The Morgan fingerprint density at radius 1 is 0.280 bits per heavy atom. The molecule has 0 saturated carbocycles. The van der Waals surface area contributed by atoms with E-state index in [1.165, 1.54) is 33.4 Å². The van der Waals surface area contributed by atoms with Gasteiger partial charge in [0.05, 0.1) is 33.6 Å². The van der Waals surface area contributed by atoms with Crippen LogP contribution in [0.2, 0.25) is 0 Å². The number of hydrogen-bond acceptors (Lipinski definition) is 10. The van der Waals surface area contributed by atoms with Crippen LogP contribution < -0.4 is 26.2 Å². The van der Waals surface area contributed by atoms with Gasteiger partial charge in [0.1, 0.15) is 26.4 Å². The molecule has 1 atom stereocenters. The molecule has 0 bridgehead atoms. The van der Waals surface area contributed by atoms with Gasteiger partial charge < -0.3 is 28.7 Å². The van der Waals surface area contributed by atoms with E-state index in [0.717, 1.165) is 166 Å². The summed E-state index contributed by atoms with van der Waals surface area (Å²) in [6, 6.07) is 101. The van der Waals surface area contributed by atoms with Gasteiger partial charge >= 0.3 is 23.9 Å². The van der Waals surface area contributed by atoms with Crippen molar-refractivity contribution in [2.75, 3.05) is 9.80 Å². The molecule has 1 unspecified atom stereocenters. The van der Waals surface area contributed by atoms with E-state index in [1.807, 2.05) is 194 Å². The third-order valence-electron chi connectivity index (χ3n) is 27.5. The van der Waals surface area contributed by atoms with Crippen molar-refractivity contribution in [2.24, 2.45) is 0 Å². The van der Waals surface area contributed by atoms with Gasteiger partial charge in [-0.2, -0.15) is 0 Å². The van der Waals surface area contributed by atoms with E-state index < -0.39 is 58.2 Å². The van der Waals surface area contributed by atoms with Crippen molar-refractivity contribution in [1.82, 2.24) is 0 Å². The van der Waals surface area contributed by atoms with Gasteiger partial charge in [0.2, 0.25) is 6.71 Å². The number of carbonyl (C=O) groups excluding carboxylic acids is 4. The Morgan fingerprint density at radius 3 is 1.05 bits per heavy atom. The van der Waals surface area contributed by atoms with E-state index >= 15 is 19.2 Å². The summed E-state index contributed by atoms with van der Waals surface area (Å²) in [5.41, 5.74) is 28.6. The number of fused-ring (bicyclic) bond motifs is 8. The molecule has 16 aromatic carbocycles. The minimum atomic E-state index is -0.553. The Kier molecular flexibility index (Phi) is 20.9. The molecule has 1 aliphatic carbocycles. The van der Waals surface area contributed by atoms with Crippen LogP contribution in [-0.2, 0) is 77.9 Å². The van der Waals surface area contributed by atoms with Crippen LogP contribution in [0.1, 0.15) is 244 Å². The minimum Gasteiger partial charge on any atom is -0.457 e. The number of nitrogens with zero attached hydrogens (tertiary/aromatic N) is 2. The smallest absolute Gasteiger partial charge is 0.338 e. The van der Waals surface area contributed by atoms with Gasteiger partial charge in [0, 0.05) is 28.7 Å². The van der Waals surface area contributed by atoms with Crippen LogP contribution in [-0.4, -0.2) is 30.6 Å². The van der Waals surface area contributed by atoms with Gasteiger partial charge in [-0.05, 0) is 284 Å². The van der Waals surface area contributed by atoms with Gasteiger partial charge in [-0.15, -0.1) is 0 Å². The molecule has 16 aromatic rings. The summed E-state index contributed by atoms with van der Waals surface area (Å²) < 4.78 is 25.8. The van der Waals surface area contributed by atoms with Gasteiger partial charge in [-0.25, -0.2) is 19.2 Å². The molecule has 0 amide bonds. The van der Waals surface area contributed by atoms with Crippen molar-refractivity contribution in [3.8, 4) is 44.5 Å². The lowest BCUT2D eigenvalue weighted by Crippen LogP contribution is -2.59. The predicted molar refractivity (Wildman–Crippen MR) is 541 cm³/mol. The number of rotatable bonds is 16. The van der Waals surface area contributed by atoms with E-state index in [9.17, 15) is 0 Å². The third-order valence-corrected chi connectivity index (χ3v) is 27.5. The predicted octanol–water partition coefficient (Wildman–Crippen LogP) is 28.4. The summed E-state index contributed by atoms with van der Waals surface area (Å²) in [6.07, 6.45) is 0. The van der Waals surface area contributed by atoms with E-state index in [-0.39, 0.29) is 37.3 Å². The van der Waals surface area contributed by atoms with Crippen molar-refractivity contribution in [1.29, 1.82) is 0 Å². The number of esters is 4. The Balaban J connectivity index is 1.00. The average Bonchev–Trinajstić information content (AvgIpc) is 0.659. The van der Waals surface area contributed by atoms with Crippen molar-refractivity contribution in [3.05, 3.63) is 386 Å². The highest BCUT2D eigenvalue weighted by atomic mass is 16.5. The fourth-order valence-electron chi connectivity index (χ4n) is 21.0. The molecule has 0 radical (unpaired) electrons. The summed E-state index contributed by atoms with van der Waals surface area (Å²) in [7, 11) is 0.